The van der Waals surface area contributed by atoms with E-state index in [4.69, 9.17) is 23.2 Å². The van der Waals surface area contributed by atoms with Gasteiger partial charge in [0.05, 0.1) is 12.0 Å². The van der Waals surface area contributed by atoms with Crippen molar-refractivity contribution < 1.29 is 10.0 Å². The van der Waals surface area contributed by atoms with Crippen molar-refractivity contribution >= 4 is 29.1 Å². The van der Waals surface area contributed by atoms with Crippen LogP contribution in [0, 0.1) is 12.3 Å². The summed E-state index contributed by atoms with van der Waals surface area (Å²) in [6.45, 7) is 3.74. The zero-order valence-electron chi connectivity index (χ0n) is 10.3. The van der Waals surface area contributed by atoms with Gasteiger partial charge < -0.3 is 0 Å². The molecule has 1 unspecified atom stereocenters. The third-order valence-electron chi connectivity index (χ3n) is 3.55. The van der Waals surface area contributed by atoms with Crippen LogP contribution in [-0.2, 0) is 11.3 Å². The molecule has 0 heterocycles. The summed E-state index contributed by atoms with van der Waals surface area (Å²) >= 11 is 11.9. The first-order valence-corrected chi connectivity index (χ1v) is 6.47. The molecule has 1 aliphatic rings. The topological polar surface area (TPSA) is 40.5 Å². The highest BCUT2D eigenvalue weighted by Crippen LogP contribution is 2.64. The Morgan fingerprint density at radius 2 is 2.00 bits per heavy atom. The van der Waals surface area contributed by atoms with E-state index in [1.165, 1.54) is 0 Å². The number of carbonyl (C=O) groups excluding carboxylic acids is 1. The van der Waals surface area contributed by atoms with Crippen LogP contribution in [0.1, 0.15) is 24.5 Å². The van der Waals surface area contributed by atoms with Crippen LogP contribution < -0.4 is 0 Å². The smallest absolute Gasteiger partial charge is 0.255 e. The molecule has 0 radical (unpaired) electrons. The lowest BCUT2D eigenvalue weighted by atomic mass is 10.1. The van der Waals surface area contributed by atoms with Crippen LogP contribution >= 0.6 is 23.2 Å². The molecule has 5 heteroatoms. The van der Waals surface area contributed by atoms with Crippen LogP contribution in [-0.4, -0.2) is 20.5 Å². The molecule has 2 rings (SSSR count). The average Bonchev–Trinajstić information content (AvgIpc) is 2.81. The summed E-state index contributed by atoms with van der Waals surface area (Å²) in [6.07, 6.45) is 0.368. The third-order valence-corrected chi connectivity index (χ3v) is 4.65. The van der Waals surface area contributed by atoms with E-state index in [1.807, 2.05) is 31.2 Å². The second kappa shape index (κ2) is 4.41. The highest BCUT2D eigenvalue weighted by molar-refractivity contribution is 6.53. The number of nitrogens with zero attached hydrogens (tertiary/aromatic N) is 1. The zero-order chi connectivity index (χ0) is 13.6. The van der Waals surface area contributed by atoms with Gasteiger partial charge in [-0.1, -0.05) is 24.3 Å². The minimum absolute atomic E-state index is 0.144. The van der Waals surface area contributed by atoms with Crippen molar-refractivity contribution in [2.45, 2.75) is 31.1 Å². The van der Waals surface area contributed by atoms with E-state index in [-0.39, 0.29) is 6.54 Å². The second-order valence-electron chi connectivity index (χ2n) is 5.00. The lowest BCUT2D eigenvalue weighted by molar-refractivity contribution is -0.174. The van der Waals surface area contributed by atoms with E-state index in [9.17, 15) is 10.0 Å². The van der Waals surface area contributed by atoms with E-state index in [0.717, 1.165) is 11.1 Å². The molecule has 1 atom stereocenters. The molecule has 1 amide bonds. The Kier molecular flexibility index (Phi) is 3.34. The molecule has 0 aliphatic heterocycles. The minimum Gasteiger partial charge on any atom is -0.286 e. The van der Waals surface area contributed by atoms with Gasteiger partial charge in [0.15, 0.2) is 0 Å². The van der Waals surface area contributed by atoms with Gasteiger partial charge in [-0.25, -0.2) is 5.06 Å². The number of carbonyl (C=O) groups is 1. The fraction of sp³-hybridized carbons (Fsp3) is 0.462. The summed E-state index contributed by atoms with van der Waals surface area (Å²) < 4.78 is -1.06. The summed E-state index contributed by atoms with van der Waals surface area (Å²) in [4.78, 5) is 12.1. The molecule has 1 N–H and O–H groups in total. The predicted octanol–water partition coefficient (Wildman–Crippen LogP) is 3.30. The van der Waals surface area contributed by atoms with Crippen LogP contribution in [0.25, 0.3) is 0 Å². The monoisotopic (exact) mass is 287 g/mol. The molecule has 0 bridgehead atoms. The fourth-order valence-electron chi connectivity index (χ4n) is 1.94. The van der Waals surface area contributed by atoms with Gasteiger partial charge in [0.2, 0.25) is 0 Å². The van der Waals surface area contributed by atoms with E-state index in [1.54, 1.807) is 6.92 Å². The van der Waals surface area contributed by atoms with Gasteiger partial charge in [0.1, 0.15) is 4.33 Å². The SMILES string of the molecule is Cc1ccccc1CN(O)C(=O)C1(C)CC1(Cl)Cl. The number of hydroxylamine groups is 2. The highest BCUT2D eigenvalue weighted by atomic mass is 35.5. The van der Waals surface area contributed by atoms with Crippen LogP contribution in [0.15, 0.2) is 24.3 Å². The quantitative estimate of drug-likeness (QED) is 0.526. The summed E-state index contributed by atoms with van der Waals surface area (Å²) in [5.74, 6) is -0.434. The first kappa shape index (κ1) is 13.7. The number of aryl methyl sites for hydroxylation is 1. The Bertz CT molecular complexity index is 490. The number of alkyl halides is 2. The van der Waals surface area contributed by atoms with Crippen LogP contribution in [0.2, 0.25) is 0 Å². The maximum absolute atomic E-state index is 12.1. The molecule has 1 aliphatic carbocycles. The summed E-state index contributed by atoms with van der Waals surface area (Å²) in [7, 11) is 0. The number of amides is 1. The van der Waals surface area contributed by atoms with E-state index < -0.39 is 15.7 Å². The predicted molar refractivity (Wildman–Crippen MR) is 70.7 cm³/mol. The molecular formula is C13H15Cl2NO2. The largest absolute Gasteiger partial charge is 0.286 e. The summed E-state index contributed by atoms with van der Waals surface area (Å²) in [5, 5.41) is 10.6. The highest BCUT2D eigenvalue weighted by Gasteiger charge is 2.69. The Morgan fingerprint density at radius 1 is 1.44 bits per heavy atom. The molecule has 0 spiro atoms. The number of rotatable bonds is 3. The van der Waals surface area contributed by atoms with Gasteiger partial charge in [0, 0.05) is 0 Å². The van der Waals surface area contributed by atoms with Crippen molar-refractivity contribution in [3.8, 4) is 0 Å². The Morgan fingerprint density at radius 3 is 2.50 bits per heavy atom. The Hall–Kier alpha value is -0.770. The standard InChI is InChI=1S/C13H15Cl2NO2/c1-9-5-3-4-6-10(9)7-16(18)11(17)12(2)8-13(12,14)15/h3-6,18H,7-8H2,1-2H3. The van der Waals surface area contributed by atoms with E-state index in [2.05, 4.69) is 0 Å². The molecule has 1 aromatic carbocycles. The Balaban J connectivity index is 2.08. The third kappa shape index (κ3) is 2.22. The van der Waals surface area contributed by atoms with Gasteiger partial charge in [-0.15, -0.1) is 23.2 Å². The molecule has 0 saturated heterocycles. The second-order valence-corrected chi connectivity index (χ2v) is 6.49. The first-order chi connectivity index (χ1) is 8.28. The van der Waals surface area contributed by atoms with Crippen molar-refractivity contribution in [2.24, 2.45) is 5.41 Å². The average molecular weight is 288 g/mol. The fourth-order valence-corrected chi connectivity index (χ4v) is 2.63. The molecule has 1 fully saturated rings. The lowest BCUT2D eigenvalue weighted by Crippen LogP contribution is -2.35. The van der Waals surface area contributed by atoms with Crippen molar-refractivity contribution in [2.75, 3.05) is 0 Å². The summed E-state index contributed by atoms with van der Waals surface area (Å²) in [5.41, 5.74) is 1.04. The molecule has 3 nitrogen and oxygen atoms in total. The molecular weight excluding hydrogens is 273 g/mol. The maximum Gasteiger partial charge on any atom is 0.255 e. The lowest BCUT2D eigenvalue weighted by Gasteiger charge is -2.21. The van der Waals surface area contributed by atoms with Crippen molar-refractivity contribution in [1.82, 2.24) is 5.06 Å². The normalized spacial score (nSPS) is 24.7. The number of hydrogen-bond acceptors (Lipinski definition) is 2. The van der Waals surface area contributed by atoms with Gasteiger partial charge in [-0.05, 0) is 31.4 Å². The number of halogens is 2. The number of benzene rings is 1. The zero-order valence-corrected chi connectivity index (χ0v) is 11.8. The van der Waals surface area contributed by atoms with E-state index in [0.29, 0.717) is 11.5 Å². The van der Waals surface area contributed by atoms with Crippen molar-refractivity contribution in [3.63, 3.8) is 0 Å². The van der Waals surface area contributed by atoms with Crippen LogP contribution in [0.5, 0.6) is 0 Å². The van der Waals surface area contributed by atoms with Crippen LogP contribution in [0.4, 0.5) is 0 Å². The minimum atomic E-state index is -1.06. The van der Waals surface area contributed by atoms with Gasteiger partial charge in [-0.3, -0.25) is 10.0 Å². The molecule has 98 valence electrons. The van der Waals surface area contributed by atoms with Gasteiger partial charge >= 0.3 is 0 Å². The summed E-state index contributed by atoms with van der Waals surface area (Å²) in [6, 6.07) is 7.58. The maximum atomic E-state index is 12.1. The van der Waals surface area contributed by atoms with E-state index >= 15 is 0 Å². The molecule has 1 saturated carbocycles. The van der Waals surface area contributed by atoms with Crippen LogP contribution in [0.3, 0.4) is 0 Å². The molecule has 18 heavy (non-hydrogen) atoms. The van der Waals surface area contributed by atoms with Gasteiger partial charge in [0.25, 0.3) is 5.91 Å². The molecule has 1 aromatic rings. The Labute approximate surface area is 116 Å². The molecule has 0 aromatic heterocycles. The number of hydrogen-bond donors (Lipinski definition) is 1. The van der Waals surface area contributed by atoms with Crippen molar-refractivity contribution in [3.05, 3.63) is 35.4 Å². The van der Waals surface area contributed by atoms with Crippen molar-refractivity contribution in [1.29, 1.82) is 0 Å². The first-order valence-electron chi connectivity index (χ1n) is 5.71. The van der Waals surface area contributed by atoms with Gasteiger partial charge in [-0.2, -0.15) is 0 Å².